The van der Waals surface area contributed by atoms with E-state index in [1.165, 1.54) is 9.75 Å². The van der Waals surface area contributed by atoms with Gasteiger partial charge < -0.3 is 15.4 Å². The summed E-state index contributed by atoms with van der Waals surface area (Å²) in [6.07, 6.45) is 1.10. The number of rotatable bonds is 6. The molecule has 0 aliphatic rings. The minimum absolute atomic E-state index is 0. The maximum Gasteiger partial charge on any atom is 0.191 e. The molecule has 0 saturated heterocycles. The highest BCUT2D eigenvalue weighted by Crippen LogP contribution is 2.16. The summed E-state index contributed by atoms with van der Waals surface area (Å²) < 4.78 is 4.97. The number of hydrogen-bond acceptors (Lipinski definition) is 3. The lowest BCUT2D eigenvalue weighted by molar-refractivity contribution is 0.203. The van der Waals surface area contributed by atoms with Gasteiger partial charge in [-0.1, -0.05) is 6.92 Å². The smallest absolute Gasteiger partial charge is 0.191 e. The Morgan fingerprint density at radius 1 is 1.33 bits per heavy atom. The topological polar surface area (TPSA) is 45.7 Å². The Morgan fingerprint density at radius 2 is 2.06 bits per heavy atom. The fraction of sp³-hybridized carbons (Fsp3) is 0.583. The van der Waals surface area contributed by atoms with Crippen LogP contribution in [0.15, 0.2) is 17.1 Å². The standard InChI is InChI=1S/C12H21N3OS.HI/c1-4-10-5-6-11(17-10)9-15-12(13-2)14-7-8-16-3;/h5-6H,4,7-9H2,1-3H3,(H2,13,14,15);1H. The Balaban J connectivity index is 0.00000289. The summed E-state index contributed by atoms with van der Waals surface area (Å²) in [4.78, 5) is 6.90. The van der Waals surface area contributed by atoms with E-state index in [9.17, 15) is 0 Å². The van der Waals surface area contributed by atoms with E-state index in [0.717, 1.165) is 25.5 Å². The van der Waals surface area contributed by atoms with E-state index in [1.54, 1.807) is 14.2 Å². The second kappa shape index (κ2) is 10.6. The number of nitrogens with one attached hydrogen (secondary N) is 2. The van der Waals surface area contributed by atoms with Crippen LogP contribution in [0.2, 0.25) is 0 Å². The zero-order valence-electron chi connectivity index (χ0n) is 11.2. The first-order chi connectivity index (χ1) is 8.30. The van der Waals surface area contributed by atoms with Gasteiger partial charge in [0.2, 0.25) is 0 Å². The van der Waals surface area contributed by atoms with Crippen molar-refractivity contribution >= 4 is 41.3 Å². The molecular weight excluding hydrogens is 361 g/mol. The SMILES string of the molecule is CCc1ccc(CNC(=NC)NCCOC)s1.I. The van der Waals surface area contributed by atoms with Gasteiger partial charge in [0.1, 0.15) is 0 Å². The Labute approximate surface area is 130 Å². The molecule has 104 valence electrons. The molecule has 0 amide bonds. The third kappa shape index (κ3) is 6.55. The van der Waals surface area contributed by atoms with Gasteiger partial charge in [-0.15, -0.1) is 35.3 Å². The van der Waals surface area contributed by atoms with Gasteiger partial charge in [0.15, 0.2) is 5.96 Å². The fourth-order valence-electron chi connectivity index (χ4n) is 1.37. The molecule has 4 nitrogen and oxygen atoms in total. The molecule has 0 aliphatic heterocycles. The lowest BCUT2D eigenvalue weighted by Crippen LogP contribution is -2.38. The van der Waals surface area contributed by atoms with Crippen LogP contribution in [0.3, 0.4) is 0 Å². The molecule has 1 heterocycles. The van der Waals surface area contributed by atoms with Crippen LogP contribution in [0.25, 0.3) is 0 Å². The van der Waals surface area contributed by atoms with Crippen molar-refractivity contribution < 1.29 is 4.74 Å². The van der Waals surface area contributed by atoms with Crippen molar-refractivity contribution in [1.82, 2.24) is 10.6 Å². The third-order valence-electron chi connectivity index (χ3n) is 2.32. The summed E-state index contributed by atoms with van der Waals surface area (Å²) in [7, 11) is 3.46. The van der Waals surface area contributed by atoms with E-state index < -0.39 is 0 Å². The third-order valence-corrected chi connectivity index (χ3v) is 3.55. The maximum absolute atomic E-state index is 4.97. The van der Waals surface area contributed by atoms with E-state index >= 15 is 0 Å². The van der Waals surface area contributed by atoms with Gasteiger partial charge in [0.05, 0.1) is 13.2 Å². The molecule has 1 aromatic heterocycles. The normalized spacial score (nSPS) is 10.9. The zero-order valence-corrected chi connectivity index (χ0v) is 14.3. The van der Waals surface area contributed by atoms with Crippen molar-refractivity contribution in [2.24, 2.45) is 4.99 Å². The van der Waals surface area contributed by atoms with Crippen molar-refractivity contribution in [3.05, 3.63) is 21.9 Å². The number of aliphatic imine (C=N–C) groups is 1. The Bertz CT molecular complexity index is 355. The molecule has 1 rings (SSSR count). The first-order valence-corrected chi connectivity index (χ1v) is 6.62. The number of methoxy groups -OCH3 is 1. The first-order valence-electron chi connectivity index (χ1n) is 5.81. The monoisotopic (exact) mass is 383 g/mol. The number of nitrogens with zero attached hydrogens (tertiary/aromatic N) is 1. The number of aryl methyl sites for hydroxylation is 1. The molecule has 0 spiro atoms. The van der Waals surface area contributed by atoms with Crippen molar-refractivity contribution in [3.63, 3.8) is 0 Å². The van der Waals surface area contributed by atoms with Crippen LogP contribution < -0.4 is 10.6 Å². The summed E-state index contributed by atoms with van der Waals surface area (Å²) in [5.74, 6) is 0.813. The summed E-state index contributed by atoms with van der Waals surface area (Å²) in [5, 5.41) is 6.46. The second-order valence-corrected chi connectivity index (χ2v) is 4.82. The summed E-state index contributed by atoms with van der Waals surface area (Å²) in [6.45, 7) is 4.44. The van der Waals surface area contributed by atoms with Gasteiger partial charge >= 0.3 is 0 Å². The highest BCUT2D eigenvalue weighted by atomic mass is 127. The van der Waals surface area contributed by atoms with Gasteiger partial charge in [0.25, 0.3) is 0 Å². The predicted molar refractivity (Wildman–Crippen MR) is 89.2 cm³/mol. The number of ether oxygens (including phenoxy) is 1. The molecule has 2 N–H and O–H groups in total. The van der Waals surface area contributed by atoms with Crippen molar-refractivity contribution in [3.8, 4) is 0 Å². The van der Waals surface area contributed by atoms with Gasteiger partial charge in [-0.25, -0.2) is 0 Å². The van der Waals surface area contributed by atoms with Crippen LogP contribution in [0.1, 0.15) is 16.7 Å². The van der Waals surface area contributed by atoms with Crippen LogP contribution >= 0.6 is 35.3 Å². The number of thiophene rings is 1. The van der Waals surface area contributed by atoms with Crippen LogP contribution in [0, 0.1) is 0 Å². The van der Waals surface area contributed by atoms with Gasteiger partial charge in [-0.05, 0) is 18.6 Å². The number of halogens is 1. The Hall–Kier alpha value is -0.340. The highest BCUT2D eigenvalue weighted by Gasteiger charge is 2.00. The van der Waals surface area contributed by atoms with Crippen LogP contribution in [0.5, 0.6) is 0 Å². The molecule has 18 heavy (non-hydrogen) atoms. The molecule has 0 unspecified atom stereocenters. The highest BCUT2D eigenvalue weighted by molar-refractivity contribution is 14.0. The lowest BCUT2D eigenvalue weighted by Gasteiger charge is -2.10. The summed E-state index contributed by atoms with van der Waals surface area (Å²) in [6, 6.07) is 4.35. The Kier molecular flexibility index (Phi) is 10.4. The number of guanidine groups is 1. The zero-order chi connectivity index (χ0) is 12.5. The molecule has 6 heteroatoms. The average molecular weight is 383 g/mol. The van der Waals surface area contributed by atoms with Crippen LogP contribution in [-0.2, 0) is 17.7 Å². The summed E-state index contributed by atoms with van der Waals surface area (Å²) in [5.41, 5.74) is 0. The minimum atomic E-state index is 0. The van der Waals surface area contributed by atoms with Gasteiger partial charge in [0, 0.05) is 30.5 Å². The van der Waals surface area contributed by atoms with Crippen LogP contribution in [0.4, 0.5) is 0 Å². The second-order valence-electron chi connectivity index (χ2n) is 3.57. The van der Waals surface area contributed by atoms with Crippen molar-refractivity contribution in [2.75, 3.05) is 27.3 Å². The molecule has 0 fully saturated rings. The molecular formula is C12H22IN3OS. The van der Waals surface area contributed by atoms with Gasteiger partial charge in [-0.2, -0.15) is 0 Å². The fourth-order valence-corrected chi connectivity index (χ4v) is 2.27. The van der Waals surface area contributed by atoms with E-state index in [0.29, 0.717) is 6.61 Å². The van der Waals surface area contributed by atoms with Gasteiger partial charge in [-0.3, -0.25) is 4.99 Å². The largest absolute Gasteiger partial charge is 0.383 e. The maximum atomic E-state index is 4.97. The van der Waals surface area contributed by atoms with E-state index in [4.69, 9.17) is 4.74 Å². The molecule has 1 aromatic rings. The van der Waals surface area contributed by atoms with Crippen molar-refractivity contribution in [2.45, 2.75) is 19.9 Å². The van der Waals surface area contributed by atoms with E-state index in [-0.39, 0.29) is 24.0 Å². The van der Waals surface area contributed by atoms with E-state index in [2.05, 4.69) is 34.7 Å². The Morgan fingerprint density at radius 3 is 2.61 bits per heavy atom. The molecule has 0 aliphatic carbocycles. The van der Waals surface area contributed by atoms with Crippen LogP contribution in [-0.4, -0.2) is 33.3 Å². The first kappa shape index (κ1) is 17.7. The minimum Gasteiger partial charge on any atom is -0.383 e. The molecule has 0 radical (unpaired) electrons. The quantitative estimate of drug-likeness (QED) is 0.343. The molecule has 0 bridgehead atoms. The summed E-state index contributed by atoms with van der Waals surface area (Å²) >= 11 is 1.84. The molecule has 0 aromatic carbocycles. The number of hydrogen-bond donors (Lipinski definition) is 2. The molecule has 0 atom stereocenters. The molecule has 0 saturated carbocycles. The predicted octanol–water partition coefficient (Wildman–Crippen LogP) is 2.24. The van der Waals surface area contributed by atoms with Crippen molar-refractivity contribution in [1.29, 1.82) is 0 Å². The average Bonchev–Trinajstić information content (AvgIpc) is 2.81. The lowest BCUT2D eigenvalue weighted by atomic mass is 10.4. The van der Waals surface area contributed by atoms with E-state index in [1.807, 2.05) is 11.3 Å².